The van der Waals surface area contributed by atoms with Crippen LogP contribution in [0.4, 0.5) is 10.1 Å². The molecular formula is C15H18FN3O2. The second-order valence-corrected chi connectivity index (χ2v) is 4.94. The number of hydrogen-bond donors (Lipinski definition) is 1. The number of halogens is 1. The number of aromatic nitrogens is 1. The van der Waals surface area contributed by atoms with E-state index >= 15 is 0 Å². The van der Waals surface area contributed by atoms with Crippen LogP contribution in [0.15, 0.2) is 36.7 Å². The van der Waals surface area contributed by atoms with Gasteiger partial charge in [0, 0.05) is 31.0 Å². The molecule has 21 heavy (non-hydrogen) atoms. The lowest BCUT2D eigenvalue weighted by Crippen LogP contribution is -2.17. The maximum absolute atomic E-state index is 13.6. The first-order valence-corrected chi connectivity index (χ1v) is 6.83. The molecule has 1 unspecified atom stereocenters. The summed E-state index contributed by atoms with van der Waals surface area (Å²) in [5.74, 6) is -0.800. The Morgan fingerprint density at radius 2 is 2.19 bits per heavy atom. The molecule has 0 saturated heterocycles. The molecule has 0 bridgehead atoms. The number of rotatable bonds is 6. The minimum atomic E-state index is -0.800. The lowest BCUT2D eigenvalue weighted by atomic mass is 10.2. The Morgan fingerprint density at radius 1 is 1.43 bits per heavy atom. The third-order valence-electron chi connectivity index (χ3n) is 3.36. The first-order valence-electron chi connectivity index (χ1n) is 6.83. The summed E-state index contributed by atoms with van der Waals surface area (Å²) in [5.41, 5.74) is 1.35. The van der Waals surface area contributed by atoms with E-state index in [9.17, 15) is 14.5 Å². The van der Waals surface area contributed by atoms with Crippen LogP contribution in [0.1, 0.15) is 31.0 Å². The van der Waals surface area contributed by atoms with Gasteiger partial charge in [-0.3, -0.25) is 10.1 Å². The Balaban J connectivity index is 2.12. The van der Waals surface area contributed by atoms with Crippen molar-refractivity contribution in [2.75, 3.05) is 6.54 Å². The summed E-state index contributed by atoms with van der Waals surface area (Å²) < 4.78 is 15.5. The molecule has 1 heterocycles. The molecule has 2 rings (SSSR count). The Labute approximate surface area is 122 Å². The SMILES string of the molecule is CCNC(C)c1ccn(Cc2ccc([N+](=O)[O-])c(F)c2)c1. The molecule has 2 aromatic rings. The normalized spacial score (nSPS) is 12.3. The molecule has 0 aliphatic heterocycles. The van der Waals surface area contributed by atoms with Gasteiger partial charge in [0.1, 0.15) is 0 Å². The van der Waals surface area contributed by atoms with Crippen molar-refractivity contribution in [3.05, 3.63) is 63.7 Å². The topological polar surface area (TPSA) is 60.1 Å². The smallest absolute Gasteiger partial charge is 0.304 e. The van der Waals surface area contributed by atoms with Gasteiger partial charge in [0.05, 0.1) is 4.92 Å². The van der Waals surface area contributed by atoms with Crippen LogP contribution in [0, 0.1) is 15.9 Å². The zero-order valence-electron chi connectivity index (χ0n) is 12.0. The molecule has 0 aliphatic carbocycles. The van der Waals surface area contributed by atoms with Crippen molar-refractivity contribution < 1.29 is 9.31 Å². The molecule has 0 fully saturated rings. The van der Waals surface area contributed by atoms with Gasteiger partial charge in [-0.1, -0.05) is 13.0 Å². The number of benzene rings is 1. The number of nitrogens with zero attached hydrogens (tertiary/aromatic N) is 2. The van der Waals surface area contributed by atoms with E-state index in [0.29, 0.717) is 12.1 Å². The van der Waals surface area contributed by atoms with E-state index in [2.05, 4.69) is 12.2 Å². The molecule has 0 aliphatic rings. The second-order valence-electron chi connectivity index (χ2n) is 4.94. The first kappa shape index (κ1) is 15.2. The number of hydrogen-bond acceptors (Lipinski definition) is 3. The van der Waals surface area contributed by atoms with Crippen LogP contribution >= 0.6 is 0 Å². The highest BCUT2D eigenvalue weighted by atomic mass is 19.1. The van der Waals surface area contributed by atoms with Gasteiger partial charge in [-0.15, -0.1) is 0 Å². The minimum Gasteiger partial charge on any atom is -0.350 e. The second kappa shape index (κ2) is 6.49. The van der Waals surface area contributed by atoms with Crippen LogP contribution in [-0.4, -0.2) is 16.0 Å². The summed E-state index contributed by atoms with van der Waals surface area (Å²) in [5, 5.41) is 13.9. The van der Waals surface area contributed by atoms with Crippen LogP contribution in [0.5, 0.6) is 0 Å². The predicted molar refractivity (Wildman–Crippen MR) is 78.7 cm³/mol. The van der Waals surface area contributed by atoms with Gasteiger partial charge in [0.15, 0.2) is 0 Å². The summed E-state index contributed by atoms with van der Waals surface area (Å²) in [7, 11) is 0. The van der Waals surface area contributed by atoms with Crippen LogP contribution in [-0.2, 0) is 6.54 Å². The van der Waals surface area contributed by atoms with Gasteiger partial charge in [-0.05, 0) is 36.7 Å². The summed E-state index contributed by atoms with van der Waals surface area (Å²) >= 11 is 0. The van der Waals surface area contributed by atoms with Crippen molar-refractivity contribution >= 4 is 5.69 Å². The molecule has 0 radical (unpaired) electrons. The van der Waals surface area contributed by atoms with Gasteiger partial charge in [-0.2, -0.15) is 4.39 Å². The fraction of sp³-hybridized carbons (Fsp3) is 0.333. The molecule has 5 nitrogen and oxygen atoms in total. The Hall–Kier alpha value is -2.21. The average molecular weight is 291 g/mol. The van der Waals surface area contributed by atoms with E-state index in [1.165, 1.54) is 12.1 Å². The van der Waals surface area contributed by atoms with Crippen molar-refractivity contribution in [1.82, 2.24) is 9.88 Å². The van der Waals surface area contributed by atoms with Crippen molar-refractivity contribution in [2.45, 2.75) is 26.4 Å². The van der Waals surface area contributed by atoms with Crippen molar-refractivity contribution in [3.8, 4) is 0 Å². The molecule has 6 heteroatoms. The fourth-order valence-electron chi connectivity index (χ4n) is 2.25. The van der Waals surface area contributed by atoms with Gasteiger partial charge >= 0.3 is 5.69 Å². The zero-order valence-corrected chi connectivity index (χ0v) is 12.0. The standard InChI is InChI=1S/C15H18FN3O2/c1-3-17-11(2)13-6-7-18(10-13)9-12-4-5-15(19(20)21)14(16)8-12/h4-8,10-11,17H,3,9H2,1-2H3. The molecule has 1 aromatic carbocycles. The Bertz CT molecular complexity index is 640. The quantitative estimate of drug-likeness (QED) is 0.656. The van der Waals surface area contributed by atoms with Gasteiger partial charge < -0.3 is 9.88 Å². The molecule has 0 amide bonds. The van der Waals surface area contributed by atoms with Crippen molar-refractivity contribution in [1.29, 1.82) is 0 Å². The lowest BCUT2D eigenvalue weighted by Gasteiger charge is -2.10. The van der Waals surface area contributed by atoms with E-state index in [0.717, 1.165) is 12.1 Å². The number of nitrogens with one attached hydrogen (secondary N) is 1. The van der Waals surface area contributed by atoms with Crippen LogP contribution < -0.4 is 5.32 Å². The zero-order chi connectivity index (χ0) is 15.4. The van der Waals surface area contributed by atoms with E-state index in [1.54, 1.807) is 6.07 Å². The third kappa shape index (κ3) is 3.66. The van der Waals surface area contributed by atoms with Crippen molar-refractivity contribution in [3.63, 3.8) is 0 Å². The highest BCUT2D eigenvalue weighted by Gasteiger charge is 2.14. The van der Waals surface area contributed by atoms with Gasteiger partial charge in [-0.25, -0.2) is 0 Å². The van der Waals surface area contributed by atoms with Crippen LogP contribution in [0.25, 0.3) is 0 Å². The van der Waals surface area contributed by atoms with E-state index in [-0.39, 0.29) is 6.04 Å². The highest BCUT2D eigenvalue weighted by Crippen LogP contribution is 2.19. The summed E-state index contributed by atoms with van der Waals surface area (Å²) in [6, 6.07) is 6.26. The van der Waals surface area contributed by atoms with Crippen molar-refractivity contribution in [2.24, 2.45) is 0 Å². The molecule has 1 aromatic heterocycles. The fourth-order valence-corrected chi connectivity index (χ4v) is 2.25. The largest absolute Gasteiger partial charge is 0.350 e. The maximum Gasteiger partial charge on any atom is 0.304 e. The molecule has 1 N–H and O–H groups in total. The maximum atomic E-state index is 13.6. The van der Waals surface area contributed by atoms with Gasteiger partial charge in [0.2, 0.25) is 5.82 Å². The monoisotopic (exact) mass is 291 g/mol. The number of nitro benzene ring substituents is 1. The summed E-state index contributed by atoms with van der Waals surface area (Å²) in [4.78, 5) is 9.87. The van der Waals surface area contributed by atoms with Crippen LogP contribution in [0.2, 0.25) is 0 Å². The molecule has 0 saturated carbocycles. The Kier molecular flexibility index (Phi) is 4.70. The summed E-state index contributed by atoms with van der Waals surface area (Å²) in [6.45, 7) is 5.50. The number of nitro groups is 1. The molecule has 0 spiro atoms. The molecule has 1 atom stereocenters. The van der Waals surface area contributed by atoms with Gasteiger partial charge in [0.25, 0.3) is 0 Å². The summed E-state index contributed by atoms with van der Waals surface area (Å²) in [6.07, 6.45) is 3.91. The molecular weight excluding hydrogens is 273 g/mol. The molecule has 112 valence electrons. The highest BCUT2D eigenvalue weighted by molar-refractivity contribution is 5.35. The van der Waals surface area contributed by atoms with E-state index < -0.39 is 16.4 Å². The van der Waals surface area contributed by atoms with E-state index in [4.69, 9.17) is 0 Å². The third-order valence-corrected chi connectivity index (χ3v) is 3.36. The van der Waals surface area contributed by atoms with E-state index in [1.807, 2.05) is 30.0 Å². The first-order chi connectivity index (χ1) is 10.0. The lowest BCUT2D eigenvalue weighted by molar-refractivity contribution is -0.387. The Morgan fingerprint density at radius 3 is 2.81 bits per heavy atom. The predicted octanol–water partition coefficient (Wildman–Crippen LogP) is 3.25. The minimum absolute atomic E-state index is 0.254. The average Bonchev–Trinajstić information content (AvgIpc) is 2.87. The van der Waals surface area contributed by atoms with Crippen LogP contribution in [0.3, 0.4) is 0 Å².